The van der Waals surface area contributed by atoms with Crippen LogP contribution >= 0.6 is 0 Å². The molecular formula is C15H24N2. The fourth-order valence-corrected chi connectivity index (χ4v) is 2.89. The molecule has 1 aromatic rings. The molecule has 94 valence electrons. The Balaban J connectivity index is 2.11. The number of rotatable bonds is 4. The number of likely N-dealkylation sites (N-methyl/N-ethyl adjacent to an activating group) is 1. The minimum Gasteiger partial charge on any atom is -0.329 e. The average Bonchev–Trinajstić information content (AvgIpc) is 2.86. The van der Waals surface area contributed by atoms with Crippen LogP contribution in [0.4, 0.5) is 0 Å². The molecule has 0 spiro atoms. The molecule has 2 N–H and O–H groups in total. The van der Waals surface area contributed by atoms with Gasteiger partial charge in [0, 0.05) is 18.6 Å². The highest BCUT2D eigenvalue weighted by atomic mass is 15.2. The summed E-state index contributed by atoms with van der Waals surface area (Å²) in [6.45, 7) is 2.83. The largest absolute Gasteiger partial charge is 0.329 e. The molecule has 1 aliphatic carbocycles. The van der Waals surface area contributed by atoms with E-state index < -0.39 is 0 Å². The molecule has 2 rings (SSSR count). The van der Waals surface area contributed by atoms with Crippen LogP contribution in [0, 0.1) is 6.92 Å². The zero-order valence-electron chi connectivity index (χ0n) is 11.0. The van der Waals surface area contributed by atoms with Gasteiger partial charge in [-0.3, -0.25) is 4.90 Å². The van der Waals surface area contributed by atoms with Crippen molar-refractivity contribution in [1.29, 1.82) is 0 Å². The highest BCUT2D eigenvalue weighted by molar-refractivity contribution is 5.24. The van der Waals surface area contributed by atoms with E-state index in [2.05, 4.69) is 43.1 Å². The Morgan fingerprint density at radius 3 is 2.35 bits per heavy atom. The number of nitrogens with two attached hydrogens (primary N) is 1. The van der Waals surface area contributed by atoms with Crippen molar-refractivity contribution in [3.8, 4) is 0 Å². The van der Waals surface area contributed by atoms with Gasteiger partial charge in [-0.05, 0) is 32.4 Å². The summed E-state index contributed by atoms with van der Waals surface area (Å²) in [7, 11) is 2.23. The van der Waals surface area contributed by atoms with E-state index in [1.54, 1.807) is 0 Å². The summed E-state index contributed by atoms with van der Waals surface area (Å²) in [5, 5.41) is 0. The predicted molar refractivity (Wildman–Crippen MR) is 73.0 cm³/mol. The van der Waals surface area contributed by atoms with Crippen LogP contribution in [0.3, 0.4) is 0 Å². The normalized spacial score (nSPS) is 18.8. The molecule has 1 aliphatic rings. The Bertz CT molecular complexity index is 338. The van der Waals surface area contributed by atoms with Gasteiger partial charge in [0.05, 0.1) is 0 Å². The average molecular weight is 232 g/mol. The van der Waals surface area contributed by atoms with Gasteiger partial charge in [0.15, 0.2) is 0 Å². The second kappa shape index (κ2) is 5.65. The van der Waals surface area contributed by atoms with Crippen molar-refractivity contribution in [3.63, 3.8) is 0 Å². The molecule has 0 amide bonds. The zero-order chi connectivity index (χ0) is 12.3. The summed E-state index contributed by atoms with van der Waals surface area (Å²) in [4.78, 5) is 2.48. The van der Waals surface area contributed by atoms with Crippen molar-refractivity contribution < 1.29 is 0 Å². The number of hydrogen-bond donors (Lipinski definition) is 1. The molecule has 1 unspecified atom stereocenters. The van der Waals surface area contributed by atoms with E-state index in [0.717, 1.165) is 6.04 Å². The summed E-state index contributed by atoms with van der Waals surface area (Å²) in [5.74, 6) is 0. The van der Waals surface area contributed by atoms with Crippen molar-refractivity contribution >= 4 is 0 Å². The monoisotopic (exact) mass is 232 g/mol. The van der Waals surface area contributed by atoms with Crippen molar-refractivity contribution in [3.05, 3.63) is 35.4 Å². The van der Waals surface area contributed by atoms with E-state index in [1.807, 2.05) is 0 Å². The van der Waals surface area contributed by atoms with Gasteiger partial charge in [-0.25, -0.2) is 0 Å². The second-order valence-electron chi connectivity index (χ2n) is 5.27. The summed E-state index contributed by atoms with van der Waals surface area (Å²) >= 11 is 0. The molecule has 2 nitrogen and oxygen atoms in total. The lowest BCUT2D eigenvalue weighted by Crippen LogP contribution is -2.37. The van der Waals surface area contributed by atoms with E-state index in [-0.39, 0.29) is 0 Å². The third-order valence-electron chi connectivity index (χ3n) is 4.08. The smallest absolute Gasteiger partial charge is 0.0470 e. The van der Waals surface area contributed by atoms with Crippen molar-refractivity contribution in [1.82, 2.24) is 4.90 Å². The Hall–Kier alpha value is -0.860. The van der Waals surface area contributed by atoms with Gasteiger partial charge in [-0.1, -0.05) is 42.7 Å². The van der Waals surface area contributed by atoms with E-state index in [9.17, 15) is 0 Å². The van der Waals surface area contributed by atoms with E-state index in [1.165, 1.54) is 36.8 Å². The van der Waals surface area contributed by atoms with Gasteiger partial charge < -0.3 is 5.73 Å². The van der Waals surface area contributed by atoms with Gasteiger partial charge in [-0.2, -0.15) is 0 Å². The van der Waals surface area contributed by atoms with Gasteiger partial charge in [0.2, 0.25) is 0 Å². The van der Waals surface area contributed by atoms with E-state index in [0.29, 0.717) is 12.6 Å². The molecule has 0 aromatic heterocycles. The van der Waals surface area contributed by atoms with Gasteiger partial charge in [0.1, 0.15) is 0 Å². The molecule has 0 heterocycles. The van der Waals surface area contributed by atoms with Gasteiger partial charge >= 0.3 is 0 Å². The van der Waals surface area contributed by atoms with Crippen LogP contribution in [0.1, 0.15) is 42.9 Å². The van der Waals surface area contributed by atoms with Crippen LogP contribution in [0.25, 0.3) is 0 Å². The predicted octanol–water partition coefficient (Wildman–Crippen LogP) is 2.87. The maximum absolute atomic E-state index is 5.97. The second-order valence-corrected chi connectivity index (χ2v) is 5.27. The Labute approximate surface area is 105 Å². The van der Waals surface area contributed by atoms with Crippen molar-refractivity contribution in [2.75, 3.05) is 13.6 Å². The lowest BCUT2D eigenvalue weighted by atomic mass is 10.0. The Morgan fingerprint density at radius 1 is 1.24 bits per heavy atom. The zero-order valence-corrected chi connectivity index (χ0v) is 11.0. The van der Waals surface area contributed by atoms with Crippen molar-refractivity contribution in [2.45, 2.75) is 44.7 Å². The maximum atomic E-state index is 5.97. The minimum absolute atomic E-state index is 0.374. The first kappa shape index (κ1) is 12.6. The van der Waals surface area contributed by atoms with Gasteiger partial charge in [-0.15, -0.1) is 0 Å². The van der Waals surface area contributed by atoms with Crippen LogP contribution < -0.4 is 5.73 Å². The number of nitrogens with zero attached hydrogens (tertiary/aromatic N) is 1. The molecule has 1 atom stereocenters. The SMILES string of the molecule is Cc1ccc(C(CN)N(C)C2CCCC2)cc1. The van der Waals surface area contributed by atoms with E-state index in [4.69, 9.17) is 5.73 Å². The third-order valence-corrected chi connectivity index (χ3v) is 4.08. The molecule has 0 bridgehead atoms. The number of aryl methyl sites for hydroxylation is 1. The molecule has 1 saturated carbocycles. The molecule has 2 heteroatoms. The van der Waals surface area contributed by atoms with Crippen LogP contribution in [-0.2, 0) is 0 Å². The van der Waals surface area contributed by atoms with Crippen LogP contribution in [0.15, 0.2) is 24.3 Å². The first-order valence-corrected chi connectivity index (χ1v) is 6.71. The highest BCUT2D eigenvalue weighted by Crippen LogP contribution is 2.29. The summed E-state index contributed by atoms with van der Waals surface area (Å²) in [6, 6.07) is 9.90. The lowest BCUT2D eigenvalue weighted by Gasteiger charge is -2.32. The molecule has 1 fully saturated rings. The van der Waals surface area contributed by atoms with Crippen LogP contribution in [0.2, 0.25) is 0 Å². The molecule has 17 heavy (non-hydrogen) atoms. The summed E-state index contributed by atoms with van der Waals surface area (Å²) < 4.78 is 0. The van der Waals surface area contributed by atoms with E-state index >= 15 is 0 Å². The number of benzene rings is 1. The standard InChI is InChI=1S/C15H24N2/c1-12-7-9-13(10-8-12)15(11-16)17(2)14-5-3-4-6-14/h7-10,14-15H,3-6,11,16H2,1-2H3. The quantitative estimate of drug-likeness (QED) is 0.865. The molecule has 0 radical (unpaired) electrons. The lowest BCUT2D eigenvalue weighted by molar-refractivity contribution is 0.179. The van der Waals surface area contributed by atoms with Crippen molar-refractivity contribution in [2.24, 2.45) is 5.73 Å². The molecule has 1 aromatic carbocycles. The topological polar surface area (TPSA) is 29.3 Å². The first-order valence-electron chi connectivity index (χ1n) is 6.71. The number of hydrogen-bond acceptors (Lipinski definition) is 2. The van der Waals surface area contributed by atoms with Crippen LogP contribution in [0.5, 0.6) is 0 Å². The molecule has 0 saturated heterocycles. The van der Waals surface area contributed by atoms with Crippen LogP contribution in [-0.4, -0.2) is 24.5 Å². The Kier molecular flexibility index (Phi) is 4.19. The first-order chi connectivity index (χ1) is 8.22. The fraction of sp³-hybridized carbons (Fsp3) is 0.600. The molecular weight excluding hydrogens is 208 g/mol. The minimum atomic E-state index is 0.374. The maximum Gasteiger partial charge on any atom is 0.0470 e. The molecule has 0 aliphatic heterocycles. The fourth-order valence-electron chi connectivity index (χ4n) is 2.89. The summed E-state index contributed by atoms with van der Waals surface area (Å²) in [5.41, 5.74) is 8.64. The summed E-state index contributed by atoms with van der Waals surface area (Å²) in [6.07, 6.45) is 5.41. The third kappa shape index (κ3) is 2.88. The van der Waals surface area contributed by atoms with Gasteiger partial charge in [0.25, 0.3) is 0 Å². The Morgan fingerprint density at radius 2 is 1.82 bits per heavy atom. The highest BCUT2D eigenvalue weighted by Gasteiger charge is 2.25.